The Balaban J connectivity index is 2.66. The van der Waals surface area contributed by atoms with Gasteiger partial charge in [0.15, 0.2) is 8.03 Å². The van der Waals surface area contributed by atoms with Crippen LogP contribution in [0.5, 0.6) is 0 Å². The van der Waals surface area contributed by atoms with Crippen molar-refractivity contribution >= 4 is 24.0 Å². The van der Waals surface area contributed by atoms with Gasteiger partial charge in [0.05, 0.1) is 11.9 Å². The lowest BCUT2D eigenvalue weighted by Crippen LogP contribution is -1.87. The first-order valence-corrected chi connectivity index (χ1v) is 6.94. The van der Waals surface area contributed by atoms with Crippen LogP contribution in [0, 0.1) is 0 Å². The first-order chi connectivity index (χ1) is 6.63. The zero-order valence-electron chi connectivity index (χ0n) is 8.01. The fourth-order valence-corrected chi connectivity index (χ4v) is 2.44. The number of nitrogens with zero attached hydrogens (tertiary/aromatic N) is 1. The van der Waals surface area contributed by atoms with E-state index < -0.39 is 8.03 Å². The van der Waals surface area contributed by atoms with E-state index in [9.17, 15) is 4.57 Å². The molecule has 0 aliphatic carbocycles. The summed E-state index contributed by atoms with van der Waals surface area (Å²) < 4.78 is 11.3. The van der Waals surface area contributed by atoms with Crippen molar-refractivity contribution in [2.24, 2.45) is 0 Å². The maximum Gasteiger partial charge on any atom is 0.194 e. The average Bonchev–Trinajstić information content (AvgIpc) is 2.43. The van der Waals surface area contributed by atoms with Crippen molar-refractivity contribution in [2.75, 3.05) is 0 Å². The molecule has 0 bridgehead atoms. The van der Waals surface area contributed by atoms with Crippen LogP contribution in [0.2, 0.25) is 0 Å². The molecular formula is C8H14BrN2O2P. The smallest absolute Gasteiger partial charge is 0.194 e. The molecule has 0 saturated carbocycles. The van der Waals surface area contributed by atoms with Gasteiger partial charge in [-0.15, -0.1) is 0 Å². The van der Waals surface area contributed by atoms with Gasteiger partial charge in [0.25, 0.3) is 0 Å². The average molecular weight is 281 g/mol. The molecule has 0 saturated heterocycles. The lowest BCUT2D eigenvalue weighted by Gasteiger charge is -1.93. The van der Waals surface area contributed by atoms with Crippen LogP contribution in [0.3, 0.4) is 0 Å². The molecule has 80 valence electrons. The van der Waals surface area contributed by atoms with Crippen LogP contribution in [-0.4, -0.2) is 14.9 Å². The first-order valence-electron chi connectivity index (χ1n) is 4.58. The van der Waals surface area contributed by atoms with Crippen molar-refractivity contribution in [3.63, 3.8) is 0 Å². The number of halogens is 1. The monoisotopic (exact) mass is 280 g/mol. The second-order valence-electron chi connectivity index (χ2n) is 3.13. The topological polar surface area (TPSA) is 66.0 Å². The third-order valence-corrected chi connectivity index (χ3v) is 3.18. The minimum Gasteiger partial charge on any atom is -0.346 e. The number of imidazole rings is 1. The summed E-state index contributed by atoms with van der Waals surface area (Å²) in [6.07, 6.45) is 3.25. The Hall–Kier alpha value is -0.120. The summed E-state index contributed by atoms with van der Waals surface area (Å²) >= 11 is 3.26. The number of aromatic amines is 1. The van der Waals surface area contributed by atoms with Crippen LogP contribution in [0.1, 0.15) is 31.3 Å². The van der Waals surface area contributed by atoms with Crippen LogP contribution in [-0.2, 0) is 17.1 Å². The normalized spacial score (nSPS) is 13.1. The third-order valence-electron chi connectivity index (χ3n) is 1.87. The van der Waals surface area contributed by atoms with E-state index in [1.807, 2.05) is 0 Å². The molecule has 0 aromatic carbocycles. The third kappa shape index (κ3) is 3.56. The van der Waals surface area contributed by atoms with Gasteiger partial charge in [-0.2, -0.15) is 0 Å². The van der Waals surface area contributed by atoms with Gasteiger partial charge < -0.3 is 9.88 Å². The molecule has 0 amide bonds. The van der Waals surface area contributed by atoms with Gasteiger partial charge in [-0.25, -0.2) is 4.98 Å². The molecule has 1 rings (SSSR count). The van der Waals surface area contributed by atoms with Gasteiger partial charge in [0.1, 0.15) is 10.4 Å². The predicted octanol–water partition coefficient (Wildman–Crippen LogP) is 2.48. The standard InChI is InChI=1S/C8H14BrN2O2P/c1-2-3-4-7-10-6(5-14(12)13)8(9)11-7/h14H,2-5H2,1H3,(H,10,11)(H,12,13). The maximum absolute atomic E-state index is 10.7. The molecule has 14 heavy (non-hydrogen) atoms. The summed E-state index contributed by atoms with van der Waals surface area (Å²) in [6.45, 7) is 2.12. The van der Waals surface area contributed by atoms with Gasteiger partial charge in [0.2, 0.25) is 0 Å². The lowest BCUT2D eigenvalue weighted by molar-refractivity contribution is 0.501. The Morgan fingerprint density at radius 1 is 1.64 bits per heavy atom. The largest absolute Gasteiger partial charge is 0.346 e. The number of H-pyrrole nitrogens is 1. The minimum atomic E-state index is -2.47. The molecule has 1 heterocycles. The lowest BCUT2D eigenvalue weighted by atomic mass is 10.2. The summed E-state index contributed by atoms with van der Waals surface area (Å²) in [4.78, 5) is 16.1. The van der Waals surface area contributed by atoms with Crippen molar-refractivity contribution in [3.05, 3.63) is 16.1 Å². The number of unbranched alkanes of at least 4 members (excludes halogenated alkanes) is 1. The van der Waals surface area contributed by atoms with Crippen molar-refractivity contribution in [3.8, 4) is 0 Å². The Bertz CT molecular complexity index is 327. The van der Waals surface area contributed by atoms with Crippen LogP contribution in [0.25, 0.3) is 0 Å². The summed E-state index contributed by atoms with van der Waals surface area (Å²) in [7, 11) is -2.47. The van der Waals surface area contributed by atoms with Crippen LogP contribution in [0.4, 0.5) is 0 Å². The van der Waals surface area contributed by atoms with Gasteiger partial charge in [-0.1, -0.05) is 13.3 Å². The molecule has 0 aliphatic rings. The number of hydrogen-bond donors (Lipinski definition) is 2. The zero-order valence-corrected chi connectivity index (χ0v) is 10.6. The maximum atomic E-state index is 10.7. The molecule has 0 aliphatic heterocycles. The molecule has 6 heteroatoms. The molecule has 1 atom stereocenters. The van der Waals surface area contributed by atoms with E-state index in [1.165, 1.54) is 0 Å². The Kier molecular flexibility index (Phi) is 4.85. The van der Waals surface area contributed by atoms with E-state index in [2.05, 4.69) is 32.8 Å². The van der Waals surface area contributed by atoms with Crippen molar-refractivity contribution in [1.82, 2.24) is 9.97 Å². The number of aryl methyl sites for hydroxylation is 1. The Morgan fingerprint density at radius 2 is 2.36 bits per heavy atom. The fourth-order valence-electron chi connectivity index (χ4n) is 1.17. The number of aromatic nitrogens is 2. The van der Waals surface area contributed by atoms with E-state index in [0.717, 1.165) is 30.8 Å². The highest BCUT2D eigenvalue weighted by atomic mass is 79.9. The highest BCUT2D eigenvalue weighted by Crippen LogP contribution is 2.25. The molecular weight excluding hydrogens is 267 g/mol. The Morgan fingerprint density at radius 3 is 2.93 bits per heavy atom. The van der Waals surface area contributed by atoms with E-state index in [4.69, 9.17) is 4.89 Å². The second-order valence-corrected chi connectivity index (χ2v) is 5.02. The molecule has 0 radical (unpaired) electrons. The van der Waals surface area contributed by atoms with Gasteiger partial charge in [-0.05, 0) is 22.4 Å². The van der Waals surface area contributed by atoms with Crippen LogP contribution in [0.15, 0.2) is 4.60 Å². The SMILES string of the molecule is CCCCc1nc(Br)c(C[PH](=O)O)[nH]1. The van der Waals surface area contributed by atoms with E-state index in [-0.39, 0.29) is 6.16 Å². The molecule has 0 fully saturated rings. The number of rotatable bonds is 5. The summed E-state index contributed by atoms with van der Waals surface area (Å²) in [5.74, 6) is 0.886. The minimum absolute atomic E-state index is 0.171. The van der Waals surface area contributed by atoms with Crippen molar-refractivity contribution in [1.29, 1.82) is 0 Å². The van der Waals surface area contributed by atoms with E-state index in [1.54, 1.807) is 0 Å². The molecule has 2 N–H and O–H groups in total. The highest BCUT2D eigenvalue weighted by molar-refractivity contribution is 9.10. The zero-order chi connectivity index (χ0) is 10.6. The van der Waals surface area contributed by atoms with Gasteiger partial charge in [0, 0.05) is 6.42 Å². The number of hydrogen-bond acceptors (Lipinski definition) is 2. The van der Waals surface area contributed by atoms with Gasteiger partial charge in [-0.3, -0.25) is 4.57 Å². The van der Waals surface area contributed by atoms with Crippen molar-refractivity contribution in [2.45, 2.75) is 32.3 Å². The van der Waals surface area contributed by atoms with Gasteiger partial charge >= 0.3 is 0 Å². The molecule has 0 spiro atoms. The number of nitrogens with one attached hydrogen (secondary N) is 1. The van der Waals surface area contributed by atoms with Crippen LogP contribution >= 0.6 is 24.0 Å². The predicted molar refractivity (Wildman–Crippen MR) is 59.8 cm³/mol. The highest BCUT2D eigenvalue weighted by Gasteiger charge is 2.08. The fraction of sp³-hybridized carbons (Fsp3) is 0.625. The molecule has 1 aromatic rings. The molecule has 1 aromatic heterocycles. The van der Waals surface area contributed by atoms with Crippen LogP contribution < -0.4 is 0 Å². The molecule has 1 unspecified atom stereocenters. The molecule has 4 nitrogen and oxygen atoms in total. The van der Waals surface area contributed by atoms with E-state index in [0.29, 0.717) is 4.60 Å². The summed E-state index contributed by atoms with van der Waals surface area (Å²) in [5.41, 5.74) is 0.725. The quantitative estimate of drug-likeness (QED) is 0.815. The summed E-state index contributed by atoms with van der Waals surface area (Å²) in [5, 5.41) is 0. The summed E-state index contributed by atoms with van der Waals surface area (Å²) in [6, 6.07) is 0. The van der Waals surface area contributed by atoms with E-state index >= 15 is 0 Å². The Labute approximate surface area is 92.1 Å². The first kappa shape index (κ1) is 12.0. The van der Waals surface area contributed by atoms with Crippen molar-refractivity contribution < 1.29 is 9.46 Å². The second kappa shape index (κ2) is 5.69.